The summed E-state index contributed by atoms with van der Waals surface area (Å²) in [4.78, 5) is 40.3. The molecule has 0 amide bonds. The molecule has 7 atom stereocenters. The molecule has 0 saturated carbocycles. The van der Waals surface area contributed by atoms with E-state index in [0.717, 1.165) is 91.8 Å². The van der Waals surface area contributed by atoms with Crippen molar-refractivity contribution in [2.24, 2.45) is 11.3 Å². The van der Waals surface area contributed by atoms with E-state index in [1.807, 2.05) is 0 Å². The zero-order chi connectivity index (χ0) is 36.9. The highest BCUT2D eigenvalue weighted by molar-refractivity contribution is 5.96. The van der Waals surface area contributed by atoms with Crippen LogP contribution in [-0.2, 0) is 36.3 Å². The molecule has 1 fully saturated rings. The first kappa shape index (κ1) is 36.9. The number of nitrogens with zero attached hydrogens (tertiary/aromatic N) is 3. The lowest BCUT2D eigenvalue weighted by atomic mass is 9.54. The lowest BCUT2D eigenvalue weighted by Crippen LogP contribution is -2.63. The highest BCUT2D eigenvalue weighted by atomic mass is 35.5. The topological polar surface area (TPSA) is 87.3 Å². The maximum atomic E-state index is 15.2. The van der Waals surface area contributed by atoms with Gasteiger partial charge >= 0.3 is 11.9 Å². The minimum Gasteiger partial charge on any atom is -0.496 e. The smallest absolute Gasteiger partial charge is 0.335 e. The van der Waals surface area contributed by atoms with Crippen molar-refractivity contribution in [1.82, 2.24) is 14.8 Å². The van der Waals surface area contributed by atoms with E-state index in [-0.39, 0.29) is 47.8 Å². The molecule has 1 saturated heterocycles. The van der Waals surface area contributed by atoms with Gasteiger partial charge in [0.05, 0.1) is 32.9 Å². The zero-order valence-electron chi connectivity index (χ0n) is 32.4. The molecule has 286 valence electrons. The number of para-hydroxylation sites is 1. The van der Waals surface area contributed by atoms with E-state index in [4.69, 9.17) is 14.2 Å². The molecule has 6 heterocycles. The van der Waals surface area contributed by atoms with Crippen molar-refractivity contribution >= 4 is 40.9 Å². The average Bonchev–Trinajstić information content (AvgIpc) is 3.85. The molecular formula is C44H53ClN4O5. The van der Waals surface area contributed by atoms with Gasteiger partial charge in [0.1, 0.15) is 11.2 Å². The van der Waals surface area contributed by atoms with Crippen LogP contribution in [0, 0.1) is 11.3 Å². The summed E-state index contributed by atoms with van der Waals surface area (Å²) in [6.45, 7) is 8.99. The molecule has 3 aromatic rings. The Hall–Kier alpha value is -4.05. The van der Waals surface area contributed by atoms with Crippen molar-refractivity contribution in [3.8, 4) is 5.75 Å². The van der Waals surface area contributed by atoms with Crippen molar-refractivity contribution < 1.29 is 23.8 Å². The van der Waals surface area contributed by atoms with Crippen molar-refractivity contribution in [2.75, 3.05) is 66.0 Å². The van der Waals surface area contributed by atoms with Crippen LogP contribution < -0.4 is 9.64 Å². The SMILES string of the molecule is CCC1=C[C@H]2CN(CCc3c([nH]c4ccccc34)[C@@](C(=O)OC)(c3cc4c(cc3OC)N(C)[C@H]3C(C(=O)OC)=C[C@]5(CC)C=CCN6CC[C@]43[C@@H]65)C2)C1.Cl. The van der Waals surface area contributed by atoms with Gasteiger partial charge in [0.25, 0.3) is 0 Å². The van der Waals surface area contributed by atoms with Gasteiger partial charge in [0, 0.05) is 84.0 Å². The van der Waals surface area contributed by atoms with Gasteiger partial charge < -0.3 is 24.1 Å². The Morgan fingerprint density at radius 1 is 1.04 bits per heavy atom. The number of rotatable bonds is 6. The lowest BCUT2D eigenvalue weighted by molar-refractivity contribution is -0.146. The molecule has 9 nitrogen and oxygen atoms in total. The molecule has 1 N–H and O–H groups in total. The molecule has 1 aromatic heterocycles. The molecule has 2 bridgehead atoms. The van der Waals surface area contributed by atoms with Gasteiger partial charge in [-0.3, -0.25) is 14.6 Å². The number of anilines is 1. The number of hydrogen-bond donors (Lipinski definition) is 1. The number of aromatic nitrogens is 1. The zero-order valence-corrected chi connectivity index (χ0v) is 33.2. The molecule has 5 aliphatic heterocycles. The second-order valence-corrected chi connectivity index (χ2v) is 16.3. The van der Waals surface area contributed by atoms with E-state index >= 15 is 4.79 Å². The quantitative estimate of drug-likeness (QED) is 0.226. The third-order valence-corrected chi connectivity index (χ3v) is 14.1. The largest absolute Gasteiger partial charge is 0.496 e. The van der Waals surface area contributed by atoms with Crippen LogP contribution in [0.3, 0.4) is 0 Å². The third-order valence-electron chi connectivity index (χ3n) is 14.1. The molecule has 9 rings (SSSR count). The Kier molecular flexibility index (Phi) is 9.10. The summed E-state index contributed by atoms with van der Waals surface area (Å²) in [7, 11) is 6.82. The number of carbonyl (C=O) groups is 2. The van der Waals surface area contributed by atoms with Gasteiger partial charge in [-0.05, 0) is 67.8 Å². The van der Waals surface area contributed by atoms with E-state index < -0.39 is 10.8 Å². The van der Waals surface area contributed by atoms with Crippen LogP contribution in [-0.4, -0.2) is 99.9 Å². The second kappa shape index (κ2) is 13.3. The highest BCUT2D eigenvalue weighted by Crippen LogP contribution is 2.65. The van der Waals surface area contributed by atoms with E-state index in [9.17, 15) is 4.79 Å². The van der Waals surface area contributed by atoms with Crippen molar-refractivity contribution in [3.05, 3.63) is 94.2 Å². The molecule has 1 spiro atoms. The molecule has 2 aromatic carbocycles. The van der Waals surface area contributed by atoms with Gasteiger partial charge in [-0.1, -0.05) is 61.9 Å². The van der Waals surface area contributed by atoms with Crippen LogP contribution in [0.25, 0.3) is 10.9 Å². The fraction of sp³-hybridized carbons (Fsp3) is 0.500. The van der Waals surface area contributed by atoms with Crippen LogP contribution >= 0.6 is 12.4 Å². The number of hydrogen-bond acceptors (Lipinski definition) is 8. The van der Waals surface area contributed by atoms with E-state index in [0.29, 0.717) is 17.7 Å². The lowest BCUT2D eigenvalue weighted by Gasteiger charge is -2.54. The maximum absolute atomic E-state index is 15.2. The number of ether oxygens (including phenoxy) is 3. The number of aromatic amines is 1. The Morgan fingerprint density at radius 3 is 2.59 bits per heavy atom. The molecule has 0 radical (unpaired) electrons. The van der Waals surface area contributed by atoms with Gasteiger partial charge in [-0.15, -0.1) is 12.4 Å². The van der Waals surface area contributed by atoms with Crippen molar-refractivity contribution in [2.45, 2.75) is 68.9 Å². The second-order valence-electron chi connectivity index (χ2n) is 16.3. The van der Waals surface area contributed by atoms with Gasteiger partial charge in [0.2, 0.25) is 0 Å². The summed E-state index contributed by atoms with van der Waals surface area (Å²) in [5, 5.41) is 1.14. The number of H-pyrrole nitrogens is 1. The van der Waals surface area contributed by atoms with Crippen LogP contribution in [0.1, 0.15) is 61.9 Å². The molecule has 1 unspecified atom stereocenters. The first-order valence-electron chi connectivity index (χ1n) is 19.5. The Morgan fingerprint density at radius 2 is 1.85 bits per heavy atom. The minimum absolute atomic E-state index is 0. The minimum atomic E-state index is -1.20. The van der Waals surface area contributed by atoms with E-state index in [1.165, 1.54) is 25.4 Å². The normalized spacial score (nSPS) is 32.1. The maximum Gasteiger partial charge on any atom is 0.335 e. The summed E-state index contributed by atoms with van der Waals surface area (Å²) in [6, 6.07) is 12.8. The summed E-state index contributed by atoms with van der Waals surface area (Å²) in [6.07, 6.45) is 13.3. The number of fused-ring (bicyclic) bond motifs is 6. The number of methoxy groups -OCH3 is 3. The fourth-order valence-corrected chi connectivity index (χ4v) is 12.0. The van der Waals surface area contributed by atoms with Gasteiger partial charge in [-0.25, -0.2) is 4.79 Å². The first-order chi connectivity index (χ1) is 25.7. The predicted octanol–water partition coefficient (Wildman–Crippen LogP) is 6.48. The van der Waals surface area contributed by atoms with Crippen molar-refractivity contribution in [3.63, 3.8) is 0 Å². The summed E-state index contributed by atoms with van der Waals surface area (Å²) < 4.78 is 17.9. The van der Waals surface area contributed by atoms with Crippen LogP contribution in [0.15, 0.2) is 71.8 Å². The number of benzene rings is 2. The average molecular weight is 753 g/mol. The van der Waals surface area contributed by atoms with Gasteiger partial charge in [0.15, 0.2) is 0 Å². The highest BCUT2D eigenvalue weighted by Gasteiger charge is 2.68. The predicted molar refractivity (Wildman–Crippen MR) is 214 cm³/mol. The standard InChI is InChI=1S/C44H52N4O5.ClH/c1-7-27-20-28-23-44(41(50)53-6,37-30(14-18-47(25-27)26-28)29-12-9-10-13-34(29)45-37)33-21-32-35(22-36(33)51-4)46(3)38-31(39(49)52-5)24-42(8-2)15-11-17-48-19-16-43(32,38)40(42)48;/h9-13,15,20-22,24,28,38,40,45H,7-8,14,16-19,23,25-26H2,1-6H3;1H/t28-,38+,40+,42+,43+,44+;/m1./s1. The molecule has 10 heteroatoms. The summed E-state index contributed by atoms with van der Waals surface area (Å²) in [5.41, 5.74) is 6.26. The fourth-order valence-electron chi connectivity index (χ4n) is 12.0. The number of carbonyl (C=O) groups excluding carboxylic acids is 2. The third kappa shape index (κ3) is 4.83. The Labute approximate surface area is 324 Å². The Bertz CT molecular complexity index is 2120. The monoisotopic (exact) mass is 752 g/mol. The summed E-state index contributed by atoms with van der Waals surface area (Å²) in [5.74, 6) is 0.194. The van der Waals surface area contributed by atoms with Crippen LogP contribution in [0.4, 0.5) is 5.69 Å². The number of esters is 2. The number of nitrogens with one attached hydrogen (secondary N) is 1. The van der Waals surface area contributed by atoms with Crippen LogP contribution in [0.2, 0.25) is 0 Å². The van der Waals surface area contributed by atoms with Gasteiger partial charge in [-0.2, -0.15) is 0 Å². The van der Waals surface area contributed by atoms with E-state index in [1.54, 1.807) is 7.11 Å². The molecule has 6 aliphatic rings. The number of likely N-dealkylation sites (N-methyl/N-ethyl adjacent to an activating group) is 1. The molecule has 1 aliphatic carbocycles. The number of halogens is 1. The molecular weight excluding hydrogens is 700 g/mol. The van der Waals surface area contributed by atoms with Crippen molar-refractivity contribution in [1.29, 1.82) is 0 Å². The van der Waals surface area contributed by atoms with Crippen LogP contribution in [0.5, 0.6) is 5.75 Å². The van der Waals surface area contributed by atoms with E-state index in [2.05, 4.69) is 101 Å². The Balaban J connectivity index is 0.00000413. The first-order valence-corrected chi connectivity index (χ1v) is 19.5. The summed E-state index contributed by atoms with van der Waals surface area (Å²) >= 11 is 0. The molecule has 54 heavy (non-hydrogen) atoms.